The molecule has 41 heavy (non-hydrogen) atoms. The minimum atomic E-state index is -1.82. The molecule has 2 fully saturated rings. The van der Waals surface area contributed by atoms with E-state index in [1.807, 2.05) is 0 Å². The number of fused-ring (bicyclic) bond motifs is 2. The second-order valence-corrected chi connectivity index (χ2v) is 10.3. The number of ether oxygens (including phenoxy) is 4. The summed E-state index contributed by atoms with van der Waals surface area (Å²) in [5.41, 5.74) is -0.917. The Morgan fingerprint density at radius 3 is 2.15 bits per heavy atom. The molecule has 5 rings (SSSR count). The summed E-state index contributed by atoms with van der Waals surface area (Å²) in [6, 6.07) is 5.14. The third-order valence-electron chi connectivity index (χ3n) is 7.64. The van der Waals surface area contributed by atoms with Crippen molar-refractivity contribution in [3.05, 3.63) is 52.1 Å². The standard InChI is InChI=1S/C27H30O14/c1-8-13(6-11-16(17(8)29)21(33)15-10(19(11)31)4-3-5-12(15)28)40-27-25(37)23(35)20(32)14(41-27)7-38-26-24(36)22(34)18(30)9(2)39-26/h3-6,9,14,18,20,22-30,32,34-37H,7H2,1-2H3/t9-,14+,18-,20+,22+,23-,24+,25+,26+,27+/m0/s1. The molecule has 0 unspecified atom stereocenters. The van der Waals surface area contributed by atoms with Gasteiger partial charge < -0.3 is 59.8 Å². The summed E-state index contributed by atoms with van der Waals surface area (Å²) in [6.45, 7) is 2.29. The molecular formula is C27H30O14. The van der Waals surface area contributed by atoms with Gasteiger partial charge in [0.25, 0.3) is 0 Å². The smallest absolute Gasteiger partial charge is 0.229 e. The molecule has 0 aromatic heterocycles. The van der Waals surface area contributed by atoms with Crippen molar-refractivity contribution < 1.29 is 69.4 Å². The highest BCUT2D eigenvalue weighted by Gasteiger charge is 2.48. The fourth-order valence-corrected chi connectivity index (χ4v) is 5.13. The monoisotopic (exact) mass is 578 g/mol. The van der Waals surface area contributed by atoms with Crippen LogP contribution in [-0.2, 0) is 14.2 Å². The van der Waals surface area contributed by atoms with E-state index in [1.165, 1.54) is 32.0 Å². The number of carbonyl (C=O) groups is 2. The average Bonchev–Trinajstić information content (AvgIpc) is 2.94. The van der Waals surface area contributed by atoms with Crippen LogP contribution in [0.25, 0.3) is 0 Å². The van der Waals surface area contributed by atoms with E-state index in [4.69, 9.17) is 18.9 Å². The van der Waals surface area contributed by atoms with Crippen LogP contribution in [0.15, 0.2) is 24.3 Å². The van der Waals surface area contributed by atoms with Gasteiger partial charge in [0, 0.05) is 16.7 Å². The molecule has 0 saturated carbocycles. The quantitative estimate of drug-likeness (QED) is 0.167. The van der Waals surface area contributed by atoms with Crippen molar-refractivity contribution in [2.75, 3.05) is 6.61 Å². The lowest BCUT2D eigenvalue weighted by atomic mass is 9.82. The first-order valence-electron chi connectivity index (χ1n) is 12.8. The molecule has 14 nitrogen and oxygen atoms in total. The number of hydrogen-bond acceptors (Lipinski definition) is 14. The fraction of sp³-hybridized carbons (Fsp3) is 0.481. The van der Waals surface area contributed by atoms with Crippen molar-refractivity contribution in [2.24, 2.45) is 0 Å². The Kier molecular flexibility index (Phi) is 7.80. The van der Waals surface area contributed by atoms with Crippen LogP contribution in [0.2, 0.25) is 0 Å². The minimum absolute atomic E-state index is 0.0201. The molecule has 2 aromatic rings. The van der Waals surface area contributed by atoms with E-state index in [0.717, 1.165) is 6.07 Å². The number of carbonyl (C=O) groups excluding carboxylic acids is 2. The van der Waals surface area contributed by atoms with Crippen LogP contribution in [0.3, 0.4) is 0 Å². The number of aliphatic hydroxyl groups excluding tert-OH is 6. The summed E-state index contributed by atoms with van der Waals surface area (Å²) >= 11 is 0. The maximum absolute atomic E-state index is 13.2. The van der Waals surface area contributed by atoms with Crippen molar-refractivity contribution in [3.8, 4) is 17.2 Å². The summed E-state index contributed by atoms with van der Waals surface area (Å²) in [7, 11) is 0. The van der Waals surface area contributed by atoms with E-state index in [2.05, 4.69) is 0 Å². The predicted octanol–water partition coefficient (Wildman–Crippen LogP) is -1.79. The zero-order valence-electron chi connectivity index (χ0n) is 21.8. The zero-order chi connectivity index (χ0) is 29.9. The lowest BCUT2D eigenvalue weighted by Gasteiger charge is -2.42. The van der Waals surface area contributed by atoms with E-state index in [-0.39, 0.29) is 33.6 Å². The van der Waals surface area contributed by atoms with Crippen LogP contribution in [0.5, 0.6) is 17.2 Å². The maximum Gasteiger partial charge on any atom is 0.229 e. The molecule has 8 N–H and O–H groups in total. The molecule has 0 bridgehead atoms. The molecule has 0 spiro atoms. The molecule has 2 saturated heterocycles. The van der Waals surface area contributed by atoms with Gasteiger partial charge in [-0.1, -0.05) is 12.1 Å². The molecule has 2 heterocycles. The Hall–Kier alpha value is -3.18. The Labute approximate surface area is 232 Å². The van der Waals surface area contributed by atoms with E-state index < -0.39 is 91.1 Å². The number of hydrogen-bond donors (Lipinski definition) is 8. The van der Waals surface area contributed by atoms with Gasteiger partial charge in [0.2, 0.25) is 12.1 Å². The van der Waals surface area contributed by atoms with Gasteiger partial charge in [-0.2, -0.15) is 0 Å². The van der Waals surface area contributed by atoms with Crippen LogP contribution < -0.4 is 4.74 Å². The molecule has 222 valence electrons. The van der Waals surface area contributed by atoms with Gasteiger partial charge in [-0.15, -0.1) is 0 Å². The summed E-state index contributed by atoms with van der Waals surface area (Å²) in [4.78, 5) is 26.3. The number of aromatic hydroxyl groups is 2. The molecule has 1 aliphatic carbocycles. The van der Waals surface area contributed by atoms with Crippen LogP contribution in [0, 0.1) is 6.92 Å². The Morgan fingerprint density at radius 1 is 0.780 bits per heavy atom. The SMILES string of the molecule is Cc1c(O[C@@H]2O[C@H](CO[C@@H]3O[C@@H](C)[C@H](O)[C@@H](O)[C@H]3O)[C@@H](O)[C@H](O)[C@H]2O)cc2c(c1O)C(=O)c1c(O)cccc1C2=O. The molecule has 14 heteroatoms. The third-order valence-corrected chi connectivity index (χ3v) is 7.64. The van der Waals surface area contributed by atoms with Crippen LogP contribution >= 0.6 is 0 Å². The number of phenols is 2. The lowest BCUT2D eigenvalue weighted by Crippen LogP contribution is -2.61. The number of rotatable bonds is 5. The van der Waals surface area contributed by atoms with Crippen molar-refractivity contribution >= 4 is 11.6 Å². The molecule has 3 aliphatic rings. The Morgan fingerprint density at radius 2 is 1.44 bits per heavy atom. The van der Waals surface area contributed by atoms with Crippen molar-refractivity contribution in [1.82, 2.24) is 0 Å². The maximum atomic E-state index is 13.2. The Balaban J connectivity index is 1.38. The van der Waals surface area contributed by atoms with Crippen molar-refractivity contribution in [3.63, 3.8) is 0 Å². The van der Waals surface area contributed by atoms with Gasteiger partial charge >= 0.3 is 0 Å². The van der Waals surface area contributed by atoms with Gasteiger partial charge in [0.05, 0.1) is 23.8 Å². The first-order valence-corrected chi connectivity index (χ1v) is 12.8. The summed E-state index contributed by atoms with van der Waals surface area (Å²) in [5.74, 6) is -2.66. The third kappa shape index (κ3) is 4.86. The highest BCUT2D eigenvalue weighted by molar-refractivity contribution is 6.30. The second-order valence-electron chi connectivity index (χ2n) is 10.3. The largest absolute Gasteiger partial charge is 0.507 e. The van der Waals surface area contributed by atoms with Gasteiger partial charge in [0.1, 0.15) is 60.0 Å². The van der Waals surface area contributed by atoms with Crippen LogP contribution in [0.1, 0.15) is 44.3 Å². The molecule has 2 aliphatic heterocycles. The zero-order valence-corrected chi connectivity index (χ0v) is 21.8. The van der Waals surface area contributed by atoms with E-state index >= 15 is 0 Å². The predicted molar refractivity (Wildman–Crippen MR) is 133 cm³/mol. The first kappa shape index (κ1) is 29.3. The van der Waals surface area contributed by atoms with Crippen molar-refractivity contribution in [2.45, 2.75) is 75.3 Å². The topological polar surface area (TPSA) is 233 Å². The number of phenolic OH excluding ortho intramolecular Hbond substituents is 2. The molecule has 0 radical (unpaired) electrons. The van der Waals surface area contributed by atoms with Gasteiger partial charge in [-0.25, -0.2) is 0 Å². The van der Waals surface area contributed by atoms with Crippen LogP contribution in [-0.4, -0.2) is 120 Å². The highest BCUT2D eigenvalue weighted by atomic mass is 16.7. The number of aliphatic hydroxyl groups is 6. The van der Waals surface area contributed by atoms with Gasteiger partial charge in [-0.05, 0) is 26.0 Å². The van der Waals surface area contributed by atoms with Gasteiger partial charge in [-0.3, -0.25) is 9.59 Å². The van der Waals surface area contributed by atoms with Gasteiger partial charge in [0.15, 0.2) is 12.1 Å². The van der Waals surface area contributed by atoms with E-state index in [9.17, 15) is 50.4 Å². The van der Waals surface area contributed by atoms with E-state index in [1.54, 1.807) is 0 Å². The highest BCUT2D eigenvalue weighted by Crippen LogP contribution is 2.42. The Bertz CT molecular complexity index is 1360. The molecule has 0 amide bonds. The van der Waals surface area contributed by atoms with Crippen LogP contribution in [0.4, 0.5) is 0 Å². The minimum Gasteiger partial charge on any atom is -0.507 e. The molecular weight excluding hydrogens is 548 g/mol. The lowest BCUT2D eigenvalue weighted by molar-refractivity contribution is -0.318. The number of benzene rings is 2. The molecule has 2 aromatic carbocycles. The number of ketones is 2. The second kappa shape index (κ2) is 10.9. The van der Waals surface area contributed by atoms with Crippen molar-refractivity contribution in [1.29, 1.82) is 0 Å². The average molecular weight is 579 g/mol. The summed E-state index contributed by atoms with van der Waals surface area (Å²) in [5, 5.41) is 82.5. The summed E-state index contributed by atoms with van der Waals surface area (Å²) < 4.78 is 22.1. The fourth-order valence-electron chi connectivity index (χ4n) is 5.13. The first-order chi connectivity index (χ1) is 19.3. The normalized spacial score (nSPS) is 35.1. The molecule has 10 atom stereocenters. The van der Waals surface area contributed by atoms with E-state index in [0.29, 0.717) is 0 Å². The summed E-state index contributed by atoms with van der Waals surface area (Å²) in [6.07, 6.45) is -15.3.